The highest BCUT2D eigenvalue weighted by Gasteiger charge is 2.22. The monoisotopic (exact) mass is 371 g/mol. The Morgan fingerprint density at radius 3 is 2.83 bits per heavy atom. The van der Waals surface area contributed by atoms with E-state index in [2.05, 4.69) is 49.0 Å². The van der Waals surface area contributed by atoms with Crippen LogP contribution in [0.25, 0.3) is 0 Å². The summed E-state index contributed by atoms with van der Waals surface area (Å²) in [6.07, 6.45) is 5.64. The van der Waals surface area contributed by atoms with Gasteiger partial charge in [-0.2, -0.15) is 0 Å². The second-order valence-electron chi connectivity index (χ2n) is 6.05. The van der Waals surface area contributed by atoms with Crippen LogP contribution in [0.5, 0.6) is 0 Å². The lowest BCUT2D eigenvalue weighted by molar-refractivity contribution is 0.498. The number of halogens is 1. The summed E-state index contributed by atoms with van der Waals surface area (Å²) in [7, 11) is 0. The number of rotatable bonds is 2. The minimum absolute atomic E-state index is 0.311. The lowest BCUT2D eigenvalue weighted by Gasteiger charge is -2.30. The molecule has 1 aromatic heterocycles. The molecule has 0 radical (unpaired) electrons. The van der Waals surface area contributed by atoms with Crippen molar-refractivity contribution in [1.29, 1.82) is 0 Å². The first kappa shape index (κ1) is 14.8. The number of fused-ring (bicyclic) bond motifs is 1. The molecule has 4 rings (SSSR count). The average Bonchev–Trinajstić information content (AvgIpc) is 2.98. The van der Waals surface area contributed by atoms with Gasteiger partial charge in [-0.15, -0.1) is 0 Å². The van der Waals surface area contributed by atoms with Crippen molar-refractivity contribution in [1.82, 2.24) is 9.97 Å². The summed E-state index contributed by atoms with van der Waals surface area (Å²) >= 11 is 3.54. The zero-order valence-corrected chi connectivity index (χ0v) is 14.3. The van der Waals surface area contributed by atoms with Crippen molar-refractivity contribution in [2.75, 3.05) is 18.0 Å². The van der Waals surface area contributed by atoms with E-state index in [1.54, 1.807) is 6.20 Å². The highest BCUT2D eigenvalue weighted by Crippen LogP contribution is 2.26. The molecule has 2 N–H and O–H groups in total. The molecule has 6 heteroatoms. The highest BCUT2D eigenvalue weighted by atomic mass is 79.9. The highest BCUT2D eigenvalue weighted by molar-refractivity contribution is 9.10. The van der Waals surface area contributed by atoms with Gasteiger partial charge in [0, 0.05) is 29.2 Å². The molecule has 0 saturated carbocycles. The van der Waals surface area contributed by atoms with Crippen LogP contribution < -0.4 is 10.6 Å². The van der Waals surface area contributed by atoms with E-state index >= 15 is 0 Å². The summed E-state index contributed by atoms with van der Waals surface area (Å²) in [5, 5.41) is 0. The Bertz CT molecular complexity index is 765. The summed E-state index contributed by atoms with van der Waals surface area (Å²) in [6, 6.07) is 6.58. The maximum absolute atomic E-state index is 5.99. The fourth-order valence-corrected chi connectivity index (χ4v) is 3.49. The molecule has 2 aliphatic heterocycles. The van der Waals surface area contributed by atoms with Crippen LogP contribution in [0.15, 0.2) is 40.1 Å². The Morgan fingerprint density at radius 1 is 1.17 bits per heavy atom. The molecule has 0 spiro atoms. The van der Waals surface area contributed by atoms with Gasteiger partial charge in [-0.3, -0.25) is 9.98 Å². The largest absolute Gasteiger partial charge is 0.355 e. The van der Waals surface area contributed by atoms with Crippen LogP contribution in [0.2, 0.25) is 0 Å². The van der Waals surface area contributed by atoms with Gasteiger partial charge in [-0.05, 0) is 30.5 Å². The normalized spacial score (nSPS) is 18.0. The third kappa shape index (κ3) is 2.88. The van der Waals surface area contributed by atoms with Crippen LogP contribution in [0.3, 0.4) is 0 Å². The molecule has 3 heterocycles. The van der Waals surface area contributed by atoms with E-state index < -0.39 is 0 Å². The SMILES string of the molecule is NC1CCN(c2cncc(C3=NCc4ccc(Br)cc43)n2)CC1. The first-order valence-corrected chi connectivity index (χ1v) is 8.66. The number of benzene rings is 1. The van der Waals surface area contributed by atoms with E-state index in [0.717, 1.165) is 53.2 Å². The number of piperidine rings is 1. The predicted octanol–water partition coefficient (Wildman–Crippen LogP) is 2.52. The number of hydrogen-bond donors (Lipinski definition) is 1. The second-order valence-corrected chi connectivity index (χ2v) is 6.97. The number of nitrogens with zero attached hydrogens (tertiary/aromatic N) is 4. The first-order valence-electron chi connectivity index (χ1n) is 7.87. The summed E-state index contributed by atoms with van der Waals surface area (Å²) in [5.41, 5.74) is 10.1. The fraction of sp³-hybridized carbons (Fsp3) is 0.353. The van der Waals surface area contributed by atoms with Crippen molar-refractivity contribution in [2.24, 2.45) is 10.7 Å². The van der Waals surface area contributed by atoms with Crippen molar-refractivity contribution in [2.45, 2.75) is 25.4 Å². The van der Waals surface area contributed by atoms with E-state index in [1.165, 1.54) is 5.56 Å². The molecule has 0 atom stereocenters. The Labute approximate surface area is 143 Å². The van der Waals surface area contributed by atoms with Gasteiger partial charge in [0.1, 0.15) is 11.5 Å². The van der Waals surface area contributed by atoms with Gasteiger partial charge in [0.25, 0.3) is 0 Å². The number of aromatic nitrogens is 2. The van der Waals surface area contributed by atoms with Crippen LogP contribution in [0.4, 0.5) is 5.82 Å². The average molecular weight is 372 g/mol. The van der Waals surface area contributed by atoms with Gasteiger partial charge < -0.3 is 10.6 Å². The third-order valence-electron chi connectivity index (χ3n) is 4.46. The van der Waals surface area contributed by atoms with Crippen LogP contribution in [0.1, 0.15) is 29.7 Å². The second kappa shape index (κ2) is 6.02. The van der Waals surface area contributed by atoms with Crippen molar-refractivity contribution >= 4 is 27.5 Å². The van der Waals surface area contributed by atoms with Crippen LogP contribution >= 0.6 is 15.9 Å². The number of anilines is 1. The molecule has 2 aromatic rings. The molecule has 2 aliphatic rings. The zero-order valence-electron chi connectivity index (χ0n) is 12.7. The smallest absolute Gasteiger partial charge is 0.147 e. The summed E-state index contributed by atoms with van der Waals surface area (Å²) in [6.45, 7) is 2.59. The number of nitrogens with two attached hydrogens (primary N) is 1. The fourth-order valence-electron chi connectivity index (χ4n) is 3.13. The molecule has 0 unspecified atom stereocenters. The van der Waals surface area contributed by atoms with Crippen LogP contribution in [-0.2, 0) is 6.54 Å². The molecule has 1 fully saturated rings. The quantitative estimate of drug-likeness (QED) is 0.880. The van der Waals surface area contributed by atoms with E-state index in [9.17, 15) is 0 Å². The molecule has 0 aliphatic carbocycles. The van der Waals surface area contributed by atoms with Gasteiger partial charge in [-0.1, -0.05) is 22.0 Å². The molecular weight excluding hydrogens is 354 g/mol. The van der Waals surface area contributed by atoms with Gasteiger partial charge in [-0.25, -0.2) is 4.98 Å². The van der Waals surface area contributed by atoms with Crippen molar-refractivity contribution in [3.05, 3.63) is 51.9 Å². The standard InChI is InChI=1S/C17H18BrN5/c18-12-2-1-11-8-21-17(14(11)7-12)15-9-20-10-16(22-15)23-5-3-13(19)4-6-23/h1-2,7,9-10,13H,3-6,8,19H2. The minimum Gasteiger partial charge on any atom is -0.355 e. The summed E-state index contributed by atoms with van der Waals surface area (Å²) in [5.74, 6) is 0.917. The first-order chi connectivity index (χ1) is 11.2. The van der Waals surface area contributed by atoms with E-state index in [1.807, 2.05) is 6.20 Å². The maximum Gasteiger partial charge on any atom is 0.147 e. The summed E-state index contributed by atoms with van der Waals surface area (Å²) < 4.78 is 1.06. The Hall–Kier alpha value is -1.79. The number of hydrogen-bond acceptors (Lipinski definition) is 5. The van der Waals surface area contributed by atoms with Gasteiger partial charge in [0.2, 0.25) is 0 Å². The van der Waals surface area contributed by atoms with Crippen LogP contribution in [-0.4, -0.2) is 34.8 Å². The van der Waals surface area contributed by atoms with E-state index in [-0.39, 0.29) is 0 Å². The number of aliphatic imine (C=N–C) groups is 1. The Balaban J connectivity index is 1.64. The molecular formula is C17H18BrN5. The summed E-state index contributed by atoms with van der Waals surface area (Å²) in [4.78, 5) is 16.1. The van der Waals surface area contributed by atoms with Crippen molar-refractivity contribution < 1.29 is 0 Å². The molecule has 1 saturated heterocycles. The van der Waals surface area contributed by atoms with Gasteiger partial charge in [0.15, 0.2) is 0 Å². The lowest BCUT2D eigenvalue weighted by Crippen LogP contribution is -2.40. The Kier molecular flexibility index (Phi) is 3.87. The van der Waals surface area contributed by atoms with Gasteiger partial charge in [0.05, 0.1) is 24.7 Å². The molecule has 5 nitrogen and oxygen atoms in total. The minimum atomic E-state index is 0.311. The van der Waals surface area contributed by atoms with Crippen molar-refractivity contribution in [3.8, 4) is 0 Å². The van der Waals surface area contributed by atoms with Crippen LogP contribution in [0, 0.1) is 0 Å². The predicted molar refractivity (Wildman–Crippen MR) is 94.9 cm³/mol. The zero-order chi connectivity index (χ0) is 15.8. The van der Waals surface area contributed by atoms with E-state index in [0.29, 0.717) is 12.6 Å². The van der Waals surface area contributed by atoms with Crippen molar-refractivity contribution in [3.63, 3.8) is 0 Å². The molecule has 118 valence electrons. The lowest BCUT2D eigenvalue weighted by atomic mass is 10.0. The topological polar surface area (TPSA) is 67.4 Å². The van der Waals surface area contributed by atoms with Gasteiger partial charge >= 0.3 is 0 Å². The molecule has 1 aromatic carbocycles. The molecule has 0 amide bonds. The third-order valence-corrected chi connectivity index (χ3v) is 4.96. The maximum atomic E-state index is 5.99. The van der Waals surface area contributed by atoms with E-state index in [4.69, 9.17) is 10.7 Å². The Morgan fingerprint density at radius 2 is 2.00 bits per heavy atom. The molecule has 0 bridgehead atoms. The molecule has 23 heavy (non-hydrogen) atoms.